The summed E-state index contributed by atoms with van der Waals surface area (Å²) in [6.45, 7) is 1.46. The molecule has 1 atom stereocenters. The Morgan fingerprint density at radius 2 is 2.07 bits per heavy atom. The molecule has 0 aliphatic rings. The molecule has 0 radical (unpaired) electrons. The third kappa shape index (κ3) is 2.09. The van der Waals surface area contributed by atoms with Gasteiger partial charge in [-0.1, -0.05) is 6.07 Å². The number of rotatable bonds is 2. The first-order chi connectivity index (χ1) is 6.47. The Balaban J connectivity index is 3.09. The summed E-state index contributed by atoms with van der Waals surface area (Å²) >= 11 is 0. The first kappa shape index (κ1) is 10.7. The van der Waals surface area contributed by atoms with Crippen molar-refractivity contribution in [3.8, 4) is 12.3 Å². The van der Waals surface area contributed by atoms with Crippen LogP contribution in [0.3, 0.4) is 0 Å². The number of hydrogen-bond acceptors (Lipinski definition) is 1. The van der Waals surface area contributed by atoms with Gasteiger partial charge in [0.05, 0.1) is 5.60 Å². The van der Waals surface area contributed by atoms with Crippen molar-refractivity contribution in [1.82, 2.24) is 0 Å². The molecule has 0 saturated heterocycles. The van der Waals surface area contributed by atoms with E-state index in [4.69, 9.17) is 6.42 Å². The van der Waals surface area contributed by atoms with Crippen LogP contribution in [0.2, 0.25) is 0 Å². The van der Waals surface area contributed by atoms with Gasteiger partial charge in [0.15, 0.2) is 11.6 Å². The molecule has 0 unspecified atom stereocenters. The molecule has 0 saturated carbocycles. The van der Waals surface area contributed by atoms with Gasteiger partial charge in [0.1, 0.15) is 0 Å². The van der Waals surface area contributed by atoms with Gasteiger partial charge in [0, 0.05) is 6.42 Å². The quantitative estimate of drug-likeness (QED) is 0.719. The average Bonchev–Trinajstić information content (AvgIpc) is 2.09. The monoisotopic (exact) mass is 196 g/mol. The Bertz CT molecular complexity index is 377. The summed E-state index contributed by atoms with van der Waals surface area (Å²) in [5.74, 6) is 0.348. The van der Waals surface area contributed by atoms with Crippen molar-refractivity contribution in [2.24, 2.45) is 0 Å². The van der Waals surface area contributed by atoms with Crippen LogP contribution >= 0.6 is 0 Å². The van der Waals surface area contributed by atoms with Gasteiger partial charge in [0.2, 0.25) is 0 Å². The van der Waals surface area contributed by atoms with Gasteiger partial charge in [-0.15, -0.1) is 12.3 Å². The van der Waals surface area contributed by atoms with Crippen molar-refractivity contribution in [3.63, 3.8) is 0 Å². The maximum Gasteiger partial charge on any atom is 0.159 e. The van der Waals surface area contributed by atoms with Crippen molar-refractivity contribution >= 4 is 0 Å². The molecule has 0 spiro atoms. The standard InChI is InChI=1S/C11H10F2O/c1-3-6-11(2,14)8-4-5-9(12)10(13)7-8/h1,4-5,7,14H,6H2,2H3/t11-/m0/s1. The van der Waals surface area contributed by atoms with Crippen LogP contribution in [0.15, 0.2) is 18.2 Å². The first-order valence-corrected chi connectivity index (χ1v) is 4.09. The highest BCUT2D eigenvalue weighted by molar-refractivity contribution is 5.24. The smallest absolute Gasteiger partial charge is 0.159 e. The fourth-order valence-corrected chi connectivity index (χ4v) is 1.13. The van der Waals surface area contributed by atoms with Crippen LogP contribution in [0.1, 0.15) is 18.9 Å². The fourth-order valence-electron chi connectivity index (χ4n) is 1.13. The molecule has 1 rings (SSSR count). The van der Waals surface area contributed by atoms with Crippen LogP contribution in [0.5, 0.6) is 0 Å². The van der Waals surface area contributed by atoms with Crippen LogP contribution in [-0.2, 0) is 5.60 Å². The first-order valence-electron chi connectivity index (χ1n) is 4.09. The summed E-state index contributed by atoms with van der Waals surface area (Å²) in [7, 11) is 0. The predicted octanol–water partition coefficient (Wildman–Crippen LogP) is 2.20. The van der Waals surface area contributed by atoms with E-state index < -0.39 is 17.2 Å². The number of hydrogen-bond donors (Lipinski definition) is 1. The molecule has 74 valence electrons. The van der Waals surface area contributed by atoms with Crippen LogP contribution in [0, 0.1) is 24.0 Å². The number of aliphatic hydroxyl groups is 1. The van der Waals surface area contributed by atoms with Gasteiger partial charge in [-0.25, -0.2) is 8.78 Å². The fraction of sp³-hybridized carbons (Fsp3) is 0.273. The van der Waals surface area contributed by atoms with Crippen LogP contribution in [0.4, 0.5) is 8.78 Å². The molecular weight excluding hydrogens is 186 g/mol. The third-order valence-electron chi connectivity index (χ3n) is 1.99. The van der Waals surface area contributed by atoms with Crippen molar-refractivity contribution in [2.45, 2.75) is 18.9 Å². The Labute approximate surface area is 81.4 Å². The zero-order chi connectivity index (χ0) is 10.8. The Morgan fingerprint density at radius 1 is 1.43 bits per heavy atom. The van der Waals surface area contributed by atoms with Crippen molar-refractivity contribution < 1.29 is 13.9 Å². The van der Waals surface area contributed by atoms with Gasteiger partial charge < -0.3 is 5.11 Å². The maximum atomic E-state index is 12.8. The topological polar surface area (TPSA) is 20.2 Å². The van der Waals surface area contributed by atoms with E-state index in [2.05, 4.69) is 5.92 Å². The molecule has 0 heterocycles. The molecule has 1 aromatic rings. The molecule has 0 amide bonds. The number of benzene rings is 1. The lowest BCUT2D eigenvalue weighted by atomic mass is 9.93. The minimum Gasteiger partial charge on any atom is -0.384 e. The maximum absolute atomic E-state index is 12.8. The molecule has 14 heavy (non-hydrogen) atoms. The van der Waals surface area contributed by atoms with E-state index in [1.54, 1.807) is 0 Å². The molecule has 1 nitrogen and oxygen atoms in total. The zero-order valence-corrected chi connectivity index (χ0v) is 7.72. The summed E-state index contributed by atoms with van der Waals surface area (Å²) in [6.07, 6.45) is 5.10. The van der Waals surface area contributed by atoms with Crippen LogP contribution in [0.25, 0.3) is 0 Å². The Morgan fingerprint density at radius 3 is 2.57 bits per heavy atom. The highest BCUT2D eigenvalue weighted by atomic mass is 19.2. The molecule has 3 heteroatoms. The van der Waals surface area contributed by atoms with E-state index >= 15 is 0 Å². The molecular formula is C11H10F2O. The SMILES string of the molecule is C#CC[C@](C)(O)c1ccc(F)c(F)c1. The minimum absolute atomic E-state index is 0.0536. The second-order valence-corrected chi connectivity index (χ2v) is 3.28. The molecule has 0 aromatic heterocycles. The lowest BCUT2D eigenvalue weighted by Gasteiger charge is -2.21. The lowest BCUT2D eigenvalue weighted by molar-refractivity contribution is 0.0625. The second-order valence-electron chi connectivity index (χ2n) is 3.28. The molecule has 0 fully saturated rings. The molecule has 0 aliphatic heterocycles. The summed E-state index contributed by atoms with van der Waals surface area (Å²) in [5, 5.41) is 9.77. The van der Waals surface area contributed by atoms with Gasteiger partial charge in [-0.2, -0.15) is 0 Å². The predicted molar refractivity (Wildman–Crippen MR) is 49.4 cm³/mol. The van der Waals surface area contributed by atoms with E-state index in [1.807, 2.05) is 0 Å². The van der Waals surface area contributed by atoms with Gasteiger partial charge in [0.25, 0.3) is 0 Å². The highest BCUT2D eigenvalue weighted by Crippen LogP contribution is 2.25. The number of halogens is 2. The van der Waals surface area contributed by atoms with Crippen LogP contribution in [-0.4, -0.2) is 5.11 Å². The van der Waals surface area contributed by atoms with Gasteiger partial charge in [-0.05, 0) is 24.6 Å². The normalized spacial score (nSPS) is 14.5. The molecule has 1 N–H and O–H groups in total. The Kier molecular flexibility index (Phi) is 2.87. The van der Waals surface area contributed by atoms with E-state index in [-0.39, 0.29) is 12.0 Å². The average molecular weight is 196 g/mol. The van der Waals surface area contributed by atoms with E-state index in [0.717, 1.165) is 12.1 Å². The van der Waals surface area contributed by atoms with Crippen molar-refractivity contribution in [1.29, 1.82) is 0 Å². The lowest BCUT2D eigenvalue weighted by Crippen LogP contribution is -2.20. The van der Waals surface area contributed by atoms with Crippen LogP contribution < -0.4 is 0 Å². The minimum atomic E-state index is -1.32. The van der Waals surface area contributed by atoms with E-state index in [0.29, 0.717) is 0 Å². The second kappa shape index (κ2) is 3.77. The molecule has 0 aliphatic carbocycles. The number of terminal acetylenes is 1. The highest BCUT2D eigenvalue weighted by Gasteiger charge is 2.22. The van der Waals surface area contributed by atoms with Gasteiger partial charge >= 0.3 is 0 Å². The van der Waals surface area contributed by atoms with Crippen molar-refractivity contribution in [3.05, 3.63) is 35.4 Å². The summed E-state index contributed by atoms with van der Waals surface area (Å²) in [4.78, 5) is 0. The van der Waals surface area contributed by atoms with E-state index in [9.17, 15) is 13.9 Å². The van der Waals surface area contributed by atoms with Gasteiger partial charge in [-0.3, -0.25) is 0 Å². The Hall–Kier alpha value is -1.40. The summed E-state index contributed by atoms with van der Waals surface area (Å²) < 4.78 is 25.4. The molecule has 1 aromatic carbocycles. The third-order valence-corrected chi connectivity index (χ3v) is 1.99. The molecule has 0 bridgehead atoms. The largest absolute Gasteiger partial charge is 0.384 e. The van der Waals surface area contributed by atoms with Crippen molar-refractivity contribution in [2.75, 3.05) is 0 Å². The summed E-state index contributed by atoms with van der Waals surface area (Å²) in [6, 6.07) is 3.23. The zero-order valence-electron chi connectivity index (χ0n) is 7.72. The summed E-state index contributed by atoms with van der Waals surface area (Å²) in [5.41, 5.74) is -1.04. The van der Waals surface area contributed by atoms with E-state index in [1.165, 1.54) is 13.0 Å².